The van der Waals surface area contributed by atoms with Gasteiger partial charge in [-0.05, 0) is 19.4 Å². The van der Waals surface area contributed by atoms with Crippen molar-refractivity contribution in [2.75, 3.05) is 13.2 Å². The highest BCUT2D eigenvalue weighted by molar-refractivity contribution is 6.31. The summed E-state index contributed by atoms with van der Waals surface area (Å²) in [5.74, 6) is -0.224. The molecule has 2 unspecified atom stereocenters. The fourth-order valence-electron chi connectivity index (χ4n) is 2.42. The van der Waals surface area contributed by atoms with Crippen LogP contribution in [-0.2, 0) is 11.3 Å². The van der Waals surface area contributed by atoms with Crippen LogP contribution < -0.4 is 5.32 Å². The Kier molecular flexibility index (Phi) is 4.73. The molecule has 112 valence electrons. The summed E-state index contributed by atoms with van der Waals surface area (Å²) in [7, 11) is 0. The van der Waals surface area contributed by atoms with Gasteiger partial charge in [0.1, 0.15) is 11.3 Å². The number of hydrogen-bond donors (Lipinski definition) is 2. The molecule has 2 atom stereocenters. The quantitative estimate of drug-likeness (QED) is 0.872. The van der Waals surface area contributed by atoms with Crippen LogP contribution in [0.2, 0.25) is 5.02 Å². The lowest BCUT2D eigenvalue weighted by molar-refractivity contribution is -0.0252. The molecule has 6 heteroatoms. The molecule has 0 saturated carbocycles. The van der Waals surface area contributed by atoms with Gasteiger partial charge in [-0.25, -0.2) is 0 Å². The smallest absolute Gasteiger partial charge is 0.268 e. The monoisotopic (exact) mass is 300 g/mol. The van der Waals surface area contributed by atoms with E-state index in [0.717, 1.165) is 13.0 Å². The van der Waals surface area contributed by atoms with Crippen LogP contribution in [0.5, 0.6) is 0 Å². The number of carbonyl (C=O) groups excluding carboxylic acids is 1. The second-order valence-electron chi connectivity index (χ2n) is 5.29. The molecule has 2 rings (SSSR count). The Morgan fingerprint density at radius 3 is 3.05 bits per heavy atom. The first kappa shape index (κ1) is 15.4. The van der Waals surface area contributed by atoms with Crippen LogP contribution in [-0.4, -0.2) is 40.4 Å². The Balaban J connectivity index is 2.01. The van der Waals surface area contributed by atoms with E-state index in [4.69, 9.17) is 16.3 Å². The van der Waals surface area contributed by atoms with Gasteiger partial charge in [-0.3, -0.25) is 4.79 Å². The maximum absolute atomic E-state index is 12.2. The van der Waals surface area contributed by atoms with Crippen molar-refractivity contribution in [3.8, 4) is 0 Å². The third-order valence-electron chi connectivity index (χ3n) is 3.77. The van der Waals surface area contributed by atoms with Crippen LogP contribution >= 0.6 is 11.6 Å². The molecule has 1 aliphatic rings. The summed E-state index contributed by atoms with van der Waals surface area (Å²) < 4.78 is 7.17. The minimum Gasteiger partial charge on any atom is -0.385 e. The number of aliphatic hydroxyl groups is 1. The number of rotatable bonds is 5. The molecule has 5 nitrogen and oxygen atoms in total. The van der Waals surface area contributed by atoms with Crippen molar-refractivity contribution in [1.82, 2.24) is 9.88 Å². The minimum atomic E-state index is -0.984. The lowest BCUT2D eigenvalue weighted by Gasteiger charge is -2.26. The predicted octanol–water partition coefficient (Wildman–Crippen LogP) is 1.82. The first-order valence-electron chi connectivity index (χ1n) is 6.94. The van der Waals surface area contributed by atoms with E-state index in [-0.39, 0.29) is 18.6 Å². The number of nitrogens with zero attached hydrogens (tertiary/aromatic N) is 1. The van der Waals surface area contributed by atoms with Gasteiger partial charge in [0.2, 0.25) is 0 Å². The third kappa shape index (κ3) is 3.16. The number of aromatic nitrogens is 1. The van der Waals surface area contributed by atoms with E-state index in [1.54, 1.807) is 12.3 Å². The van der Waals surface area contributed by atoms with Crippen molar-refractivity contribution >= 4 is 17.5 Å². The Labute approximate surface area is 123 Å². The maximum atomic E-state index is 12.2. The molecule has 1 aromatic rings. The van der Waals surface area contributed by atoms with Crippen molar-refractivity contribution in [2.24, 2.45) is 0 Å². The van der Waals surface area contributed by atoms with Gasteiger partial charge in [-0.1, -0.05) is 18.5 Å². The number of aryl methyl sites for hydroxylation is 1. The lowest BCUT2D eigenvalue weighted by Crippen LogP contribution is -2.47. The summed E-state index contributed by atoms with van der Waals surface area (Å²) >= 11 is 5.95. The van der Waals surface area contributed by atoms with Gasteiger partial charge in [0.25, 0.3) is 5.91 Å². The van der Waals surface area contributed by atoms with Crippen LogP contribution in [0.15, 0.2) is 12.3 Å². The summed E-state index contributed by atoms with van der Waals surface area (Å²) in [6, 6.07) is 1.64. The highest BCUT2D eigenvalue weighted by Crippen LogP contribution is 2.25. The maximum Gasteiger partial charge on any atom is 0.268 e. The topological polar surface area (TPSA) is 63.5 Å². The second kappa shape index (κ2) is 6.16. The predicted molar refractivity (Wildman–Crippen MR) is 77.0 cm³/mol. The first-order valence-corrected chi connectivity index (χ1v) is 7.32. The van der Waals surface area contributed by atoms with Crippen LogP contribution in [0, 0.1) is 0 Å². The molecule has 2 heterocycles. The normalized spacial score (nSPS) is 25.9. The zero-order chi connectivity index (χ0) is 14.8. The van der Waals surface area contributed by atoms with Gasteiger partial charge in [0.05, 0.1) is 11.1 Å². The Morgan fingerprint density at radius 2 is 2.45 bits per heavy atom. The zero-order valence-electron chi connectivity index (χ0n) is 11.9. The molecule has 1 amide bonds. The van der Waals surface area contributed by atoms with Gasteiger partial charge in [0, 0.05) is 32.3 Å². The van der Waals surface area contributed by atoms with Gasteiger partial charge >= 0.3 is 0 Å². The molecule has 0 aliphatic carbocycles. The number of ether oxygens (including phenoxy) is 1. The molecule has 2 N–H and O–H groups in total. The molecule has 20 heavy (non-hydrogen) atoms. The first-order chi connectivity index (χ1) is 9.46. The van der Waals surface area contributed by atoms with Gasteiger partial charge < -0.3 is 19.7 Å². The summed E-state index contributed by atoms with van der Waals surface area (Å²) in [6.07, 6.45) is 2.93. The van der Waals surface area contributed by atoms with Gasteiger partial charge in [-0.2, -0.15) is 0 Å². The lowest BCUT2D eigenvalue weighted by atomic mass is 9.97. The molecular formula is C14H21ClN2O3. The van der Waals surface area contributed by atoms with Crippen molar-refractivity contribution < 1.29 is 14.6 Å². The molecule has 0 radical (unpaired) electrons. The van der Waals surface area contributed by atoms with E-state index in [1.165, 1.54) is 0 Å². The van der Waals surface area contributed by atoms with E-state index in [2.05, 4.69) is 5.32 Å². The molecule has 0 bridgehead atoms. The molecule has 0 aromatic carbocycles. The minimum absolute atomic E-state index is 0.182. The average Bonchev–Trinajstić information content (AvgIpc) is 2.92. The van der Waals surface area contributed by atoms with E-state index in [1.807, 2.05) is 18.4 Å². The van der Waals surface area contributed by atoms with Crippen LogP contribution in [0.3, 0.4) is 0 Å². The summed E-state index contributed by atoms with van der Waals surface area (Å²) in [5.41, 5.74) is -0.464. The molecule has 1 fully saturated rings. The number of carbonyl (C=O) groups is 1. The Morgan fingerprint density at radius 1 is 1.70 bits per heavy atom. The van der Waals surface area contributed by atoms with Crippen LogP contribution in [0.1, 0.15) is 37.2 Å². The summed E-state index contributed by atoms with van der Waals surface area (Å²) in [5, 5.41) is 13.7. The molecule has 1 aromatic heterocycles. The van der Waals surface area contributed by atoms with Gasteiger partial charge in [0.15, 0.2) is 0 Å². The van der Waals surface area contributed by atoms with Crippen molar-refractivity contribution in [3.63, 3.8) is 0 Å². The van der Waals surface area contributed by atoms with Crippen LogP contribution in [0.25, 0.3) is 0 Å². The molecular weight excluding hydrogens is 280 g/mol. The number of halogens is 1. The SMILES string of the molecule is CCCn1cc(Cl)cc1C(=O)NCC1(O)CCOC1C. The van der Waals surface area contributed by atoms with Crippen molar-refractivity contribution in [1.29, 1.82) is 0 Å². The molecule has 0 spiro atoms. The van der Waals surface area contributed by atoms with E-state index < -0.39 is 5.60 Å². The summed E-state index contributed by atoms with van der Waals surface area (Å²) in [6.45, 7) is 5.29. The fraction of sp³-hybridized carbons (Fsp3) is 0.643. The van der Waals surface area contributed by atoms with Crippen molar-refractivity contribution in [2.45, 2.75) is 44.9 Å². The van der Waals surface area contributed by atoms with Crippen molar-refractivity contribution in [3.05, 3.63) is 23.0 Å². The van der Waals surface area contributed by atoms with Gasteiger partial charge in [-0.15, -0.1) is 0 Å². The highest BCUT2D eigenvalue weighted by Gasteiger charge is 2.39. The standard InChI is InChI=1S/C14H21ClN2O3/c1-3-5-17-8-11(15)7-12(17)13(18)16-9-14(19)4-6-20-10(14)2/h7-8,10,19H,3-6,9H2,1-2H3,(H,16,18). The van der Waals surface area contributed by atoms with Crippen LogP contribution in [0.4, 0.5) is 0 Å². The van der Waals surface area contributed by atoms with E-state index in [9.17, 15) is 9.90 Å². The number of hydrogen-bond acceptors (Lipinski definition) is 3. The number of nitrogens with one attached hydrogen (secondary N) is 1. The fourth-order valence-corrected chi connectivity index (χ4v) is 2.64. The summed E-state index contributed by atoms with van der Waals surface area (Å²) in [4.78, 5) is 12.2. The van der Waals surface area contributed by atoms with E-state index in [0.29, 0.717) is 23.7 Å². The number of amides is 1. The van der Waals surface area contributed by atoms with E-state index >= 15 is 0 Å². The molecule has 1 saturated heterocycles. The average molecular weight is 301 g/mol. The Hall–Kier alpha value is -1.04. The highest BCUT2D eigenvalue weighted by atomic mass is 35.5. The third-order valence-corrected chi connectivity index (χ3v) is 3.98. The zero-order valence-corrected chi connectivity index (χ0v) is 12.6. The Bertz CT molecular complexity index is 489. The molecule has 1 aliphatic heterocycles. The second-order valence-corrected chi connectivity index (χ2v) is 5.72. The largest absolute Gasteiger partial charge is 0.385 e.